The van der Waals surface area contributed by atoms with Crippen LogP contribution in [0.4, 0.5) is 5.82 Å². The maximum atomic E-state index is 11.7. The Morgan fingerprint density at radius 2 is 2.28 bits per heavy atom. The van der Waals surface area contributed by atoms with Gasteiger partial charge >= 0.3 is 0 Å². The van der Waals surface area contributed by atoms with E-state index in [2.05, 4.69) is 15.6 Å². The number of piperidine rings is 1. The van der Waals surface area contributed by atoms with E-state index >= 15 is 0 Å². The number of hydrogen-bond acceptors (Lipinski definition) is 4. The van der Waals surface area contributed by atoms with Gasteiger partial charge in [-0.05, 0) is 18.6 Å². The highest BCUT2D eigenvalue weighted by atomic mass is 16.2. The molecular weight excluding hydrogens is 232 g/mol. The minimum absolute atomic E-state index is 0.209. The number of fused-ring (bicyclic) bond motifs is 1. The van der Waals surface area contributed by atoms with Gasteiger partial charge < -0.3 is 5.32 Å². The van der Waals surface area contributed by atoms with Gasteiger partial charge in [0.05, 0.1) is 0 Å². The number of anilines is 1. The molecule has 0 spiro atoms. The Hall–Kier alpha value is -2.37. The second kappa shape index (κ2) is 4.14. The standard InChI is InChI=1S/C12H12N4O2/c17-11-5-4-8(12(18)15-11)14-10-3-1-2-9-13-6-7-16(9)10/h1-3,6-8,14H,4-5H2,(H,15,17,18). The molecule has 2 aromatic heterocycles. The van der Waals surface area contributed by atoms with Crippen molar-refractivity contribution in [3.63, 3.8) is 0 Å². The van der Waals surface area contributed by atoms with Gasteiger partial charge in [-0.25, -0.2) is 4.98 Å². The first-order valence-electron chi connectivity index (χ1n) is 5.76. The average Bonchev–Trinajstić information content (AvgIpc) is 2.82. The molecule has 3 rings (SSSR count). The molecule has 18 heavy (non-hydrogen) atoms. The van der Waals surface area contributed by atoms with E-state index in [9.17, 15) is 9.59 Å². The topological polar surface area (TPSA) is 75.5 Å². The van der Waals surface area contributed by atoms with Gasteiger partial charge in [0.25, 0.3) is 0 Å². The third-order valence-electron chi connectivity index (χ3n) is 2.99. The first-order valence-corrected chi connectivity index (χ1v) is 5.76. The number of hydrogen-bond donors (Lipinski definition) is 2. The van der Waals surface area contributed by atoms with Crippen LogP contribution in [0.2, 0.25) is 0 Å². The Bertz CT molecular complexity index is 619. The fourth-order valence-corrected chi connectivity index (χ4v) is 2.08. The van der Waals surface area contributed by atoms with Crippen molar-refractivity contribution in [2.24, 2.45) is 0 Å². The smallest absolute Gasteiger partial charge is 0.249 e. The number of imide groups is 1. The Labute approximate surface area is 103 Å². The molecule has 0 aromatic carbocycles. The van der Waals surface area contributed by atoms with Gasteiger partial charge in [-0.3, -0.25) is 19.3 Å². The van der Waals surface area contributed by atoms with Crippen molar-refractivity contribution in [2.75, 3.05) is 5.32 Å². The summed E-state index contributed by atoms with van der Waals surface area (Å²) in [6, 6.07) is 5.25. The zero-order valence-electron chi connectivity index (χ0n) is 9.59. The number of imidazole rings is 1. The van der Waals surface area contributed by atoms with Crippen molar-refractivity contribution in [3.8, 4) is 0 Å². The molecule has 0 aliphatic carbocycles. The van der Waals surface area contributed by atoms with E-state index in [4.69, 9.17) is 0 Å². The summed E-state index contributed by atoms with van der Waals surface area (Å²) in [6.07, 6.45) is 4.40. The minimum atomic E-state index is -0.379. The van der Waals surface area contributed by atoms with Gasteiger partial charge in [-0.2, -0.15) is 0 Å². The molecule has 1 unspecified atom stereocenters. The van der Waals surface area contributed by atoms with Crippen molar-refractivity contribution >= 4 is 23.3 Å². The highest BCUT2D eigenvalue weighted by Gasteiger charge is 2.26. The van der Waals surface area contributed by atoms with E-state index in [0.717, 1.165) is 11.5 Å². The summed E-state index contributed by atoms with van der Waals surface area (Å²) >= 11 is 0. The Kier molecular flexibility index (Phi) is 2.47. The van der Waals surface area contributed by atoms with Gasteiger partial charge in [0, 0.05) is 18.8 Å². The summed E-state index contributed by atoms with van der Waals surface area (Å²) in [7, 11) is 0. The molecule has 1 saturated heterocycles. The van der Waals surface area contributed by atoms with Crippen LogP contribution in [0.15, 0.2) is 30.6 Å². The molecule has 0 radical (unpaired) electrons. The van der Waals surface area contributed by atoms with Gasteiger partial charge in [0.2, 0.25) is 11.8 Å². The predicted octanol–water partition coefficient (Wildman–Crippen LogP) is 0.551. The van der Waals surface area contributed by atoms with Crippen LogP contribution in [-0.2, 0) is 9.59 Å². The maximum absolute atomic E-state index is 11.7. The SMILES string of the molecule is O=C1CCC(Nc2cccc3nccn23)C(=O)N1. The van der Waals surface area contributed by atoms with Crippen LogP contribution >= 0.6 is 0 Å². The number of amides is 2. The highest BCUT2D eigenvalue weighted by molar-refractivity contribution is 6.01. The molecule has 1 aliphatic rings. The maximum Gasteiger partial charge on any atom is 0.249 e. The lowest BCUT2D eigenvalue weighted by molar-refractivity contribution is -0.133. The third-order valence-corrected chi connectivity index (χ3v) is 2.99. The van der Waals surface area contributed by atoms with Gasteiger partial charge in [-0.15, -0.1) is 0 Å². The normalized spacial score (nSPS) is 19.9. The summed E-state index contributed by atoms with van der Waals surface area (Å²) in [4.78, 5) is 26.9. The van der Waals surface area contributed by atoms with E-state index in [1.165, 1.54) is 0 Å². The van der Waals surface area contributed by atoms with Crippen molar-refractivity contribution in [3.05, 3.63) is 30.6 Å². The molecule has 92 valence electrons. The molecular formula is C12H12N4O2. The van der Waals surface area contributed by atoms with E-state index in [1.807, 2.05) is 28.8 Å². The van der Waals surface area contributed by atoms with Crippen molar-refractivity contribution in [2.45, 2.75) is 18.9 Å². The predicted molar refractivity (Wildman–Crippen MR) is 65.0 cm³/mol. The zero-order valence-corrected chi connectivity index (χ0v) is 9.59. The molecule has 1 fully saturated rings. The monoisotopic (exact) mass is 244 g/mol. The molecule has 6 heteroatoms. The van der Waals surface area contributed by atoms with Crippen LogP contribution in [0.25, 0.3) is 5.65 Å². The first kappa shape index (κ1) is 10.8. The van der Waals surface area contributed by atoms with Crippen LogP contribution in [0, 0.1) is 0 Å². The van der Waals surface area contributed by atoms with Crippen molar-refractivity contribution in [1.29, 1.82) is 0 Å². The van der Waals surface area contributed by atoms with Crippen LogP contribution < -0.4 is 10.6 Å². The van der Waals surface area contributed by atoms with Crippen LogP contribution in [0.3, 0.4) is 0 Å². The van der Waals surface area contributed by atoms with Gasteiger partial charge in [0.1, 0.15) is 17.5 Å². The molecule has 0 saturated carbocycles. The summed E-state index contributed by atoms with van der Waals surface area (Å²) in [5, 5.41) is 5.47. The highest BCUT2D eigenvalue weighted by Crippen LogP contribution is 2.15. The number of aromatic nitrogens is 2. The van der Waals surface area contributed by atoms with Gasteiger partial charge in [0.15, 0.2) is 0 Å². The van der Waals surface area contributed by atoms with Crippen LogP contribution in [-0.4, -0.2) is 27.2 Å². The molecule has 2 aromatic rings. The third kappa shape index (κ3) is 1.81. The molecule has 2 N–H and O–H groups in total. The lowest BCUT2D eigenvalue weighted by Gasteiger charge is -2.23. The van der Waals surface area contributed by atoms with E-state index in [1.54, 1.807) is 6.20 Å². The number of pyridine rings is 1. The van der Waals surface area contributed by atoms with E-state index < -0.39 is 0 Å². The fraction of sp³-hybridized carbons (Fsp3) is 0.250. The summed E-state index contributed by atoms with van der Waals surface area (Å²) in [5.74, 6) is 0.307. The quantitative estimate of drug-likeness (QED) is 0.756. The van der Waals surface area contributed by atoms with E-state index in [0.29, 0.717) is 12.8 Å². The van der Waals surface area contributed by atoms with Crippen molar-refractivity contribution < 1.29 is 9.59 Å². The largest absolute Gasteiger partial charge is 0.359 e. The summed E-state index contributed by atoms with van der Waals surface area (Å²) in [5.41, 5.74) is 0.812. The lowest BCUT2D eigenvalue weighted by atomic mass is 10.1. The number of carbonyl (C=O) groups is 2. The Morgan fingerprint density at radius 1 is 1.39 bits per heavy atom. The summed E-state index contributed by atoms with van der Waals surface area (Å²) < 4.78 is 1.86. The lowest BCUT2D eigenvalue weighted by Crippen LogP contribution is -2.47. The Balaban J connectivity index is 1.86. The second-order valence-corrected chi connectivity index (χ2v) is 4.21. The first-order chi connectivity index (χ1) is 8.74. The Morgan fingerprint density at radius 3 is 3.11 bits per heavy atom. The average molecular weight is 244 g/mol. The zero-order chi connectivity index (χ0) is 12.5. The fourth-order valence-electron chi connectivity index (χ4n) is 2.08. The van der Waals surface area contributed by atoms with Crippen LogP contribution in [0.5, 0.6) is 0 Å². The molecule has 6 nitrogen and oxygen atoms in total. The van der Waals surface area contributed by atoms with Crippen molar-refractivity contribution in [1.82, 2.24) is 14.7 Å². The van der Waals surface area contributed by atoms with Crippen LogP contribution in [0.1, 0.15) is 12.8 Å². The number of nitrogens with one attached hydrogen (secondary N) is 2. The molecule has 1 aliphatic heterocycles. The molecule has 1 atom stereocenters. The minimum Gasteiger partial charge on any atom is -0.359 e. The van der Waals surface area contributed by atoms with Gasteiger partial charge in [-0.1, -0.05) is 6.07 Å². The number of rotatable bonds is 2. The molecule has 0 bridgehead atoms. The summed E-state index contributed by atoms with van der Waals surface area (Å²) in [6.45, 7) is 0. The van der Waals surface area contributed by atoms with E-state index in [-0.39, 0.29) is 17.9 Å². The number of carbonyl (C=O) groups excluding carboxylic acids is 2. The number of nitrogens with zero attached hydrogens (tertiary/aromatic N) is 2. The molecule has 3 heterocycles. The molecule has 2 amide bonds. The second-order valence-electron chi connectivity index (χ2n) is 4.21.